The van der Waals surface area contributed by atoms with Gasteiger partial charge in [0.15, 0.2) is 0 Å². The summed E-state index contributed by atoms with van der Waals surface area (Å²) in [6, 6.07) is 10.1. The van der Waals surface area contributed by atoms with Gasteiger partial charge < -0.3 is 15.5 Å². The Morgan fingerprint density at radius 3 is 2.23 bits per heavy atom. The fourth-order valence-corrected chi connectivity index (χ4v) is 7.40. The number of carbonyl (C=O) groups excluding carboxylic acids is 2. The van der Waals surface area contributed by atoms with Crippen molar-refractivity contribution in [3.63, 3.8) is 0 Å². The van der Waals surface area contributed by atoms with Gasteiger partial charge in [-0.05, 0) is 81.1 Å². The Balaban J connectivity index is 1.17. The van der Waals surface area contributed by atoms with Gasteiger partial charge in [0.25, 0.3) is 0 Å². The number of rotatable bonds is 5. The highest BCUT2D eigenvalue weighted by molar-refractivity contribution is 5.82. The summed E-state index contributed by atoms with van der Waals surface area (Å²) in [6.45, 7) is 4.84. The molecule has 1 aliphatic heterocycles. The summed E-state index contributed by atoms with van der Waals surface area (Å²) in [7, 11) is 0. The van der Waals surface area contributed by atoms with E-state index in [9.17, 15) is 9.59 Å². The van der Waals surface area contributed by atoms with E-state index >= 15 is 0 Å². The van der Waals surface area contributed by atoms with Gasteiger partial charge in [-0.25, -0.2) is 4.79 Å². The summed E-state index contributed by atoms with van der Waals surface area (Å²) in [5, 5.41) is 6.37. The summed E-state index contributed by atoms with van der Waals surface area (Å²) in [5.74, 6) is 2.75. The fraction of sp³-hybridized carbons (Fsp3) is 0.680. The van der Waals surface area contributed by atoms with Gasteiger partial charge in [0.05, 0.1) is 12.1 Å². The minimum Gasteiger partial charge on any atom is -0.335 e. The molecule has 0 spiro atoms. The number of nitrogens with one attached hydrogen (secondary N) is 2. The van der Waals surface area contributed by atoms with Crippen LogP contribution in [0.15, 0.2) is 30.3 Å². The monoisotopic (exact) mass is 409 g/mol. The van der Waals surface area contributed by atoms with Gasteiger partial charge >= 0.3 is 6.03 Å². The summed E-state index contributed by atoms with van der Waals surface area (Å²) in [5.41, 5.74) is 1.43. The van der Waals surface area contributed by atoms with Crippen molar-refractivity contribution in [3.8, 4) is 0 Å². The predicted molar refractivity (Wildman–Crippen MR) is 117 cm³/mol. The summed E-state index contributed by atoms with van der Waals surface area (Å²) >= 11 is 0. The van der Waals surface area contributed by atoms with Crippen LogP contribution in [0.25, 0.3) is 0 Å². The molecule has 5 fully saturated rings. The van der Waals surface area contributed by atoms with Crippen LogP contribution in [0.5, 0.6) is 0 Å². The van der Waals surface area contributed by atoms with Crippen LogP contribution in [0.2, 0.25) is 0 Å². The standard InChI is InChI=1S/C25H35N3O2/c1-16(21-6-4-3-5-7-21)28-15-22(11-23(28)29)27-24(30)26-17(2)25-12-18-8-19(13-25)10-20(9-18)14-25/h3-7,16-20,22H,8-15H2,1-2H3,(H2,26,27,30). The fourth-order valence-electron chi connectivity index (χ4n) is 7.40. The Labute approximate surface area is 180 Å². The van der Waals surface area contributed by atoms with Crippen molar-refractivity contribution in [1.29, 1.82) is 0 Å². The number of likely N-dealkylation sites (tertiary alicyclic amines) is 1. The molecule has 2 N–H and O–H groups in total. The molecule has 30 heavy (non-hydrogen) atoms. The molecule has 4 aliphatic carbocycles. The molecule has 1 aromatic carbocycles. The van der Waals surface area contributed by atoms with E-state index in [0.717, 1.165) is 23.3 Å². The van der Waals surface area contributed by atoms with Crippen molar-refractivity contribution in [2.24, 2.45) is 23.2 Å². The van der Waals surface area contributed by atoms with Crippen LogP contribution in [0.3, 0.4) is 0 Å². The molecule has 5 nitrogen and oxygen atoms in total. The second kappa shape index (κ2) is 7.58. The van der Waals surface area contributed by atoms with Crippen LogP contribution in [0.1, 0.15) is 70.4 Å². The van der Waals surface area contributed by atoms with Crippen LogP contribution in [0, 0.1) is 23.2 Å². The Hall–Kier alpha value is -2.04. The molecule has 1 heterocycles. The molecular formula is C25H35N3O2. The second-order valence-electron chi connectivity index (χ2n) is 10.7. The largest absolute Gasteiger partial charge is 0.335 e. The number of benzene rings is 1. The number of amides is 3. The number of nitrogens with zero attached hydrogens (tertiary/aromatic N) is 1. The third kappa shape index (κ3) is 3.61. The maximum atomic E-state index is 12.8. The Morgan fingerprint density at radius 1 is 1.03 bits per heavy atom. The topological polar surface area (TPSA) is 61.4 Å². The van der Waals surface area contributed by atoms with E-state index in [1.807, 2.05) is 23.1 Å². The van der Waals surface area contributed by atoms with Gasteiger partial charge in [0.2, 0.25) is 5.91 Å². The molecule has 3 unspecified atom stereocenters. The number of hydrogen-bond donors (Lipinski definition) is 2. The van der Waals surface area contributed by atoms with Crippen molar-refractivity contribution < 1.29 is 9.59 Å². The molecule has 3 amide bonds. The predicted octanol–water partition coefficient (Wildman–Crippen LogP) is 4.25. The number of carbonyl (C=O) groups is 2. The average Bonchev–Trinajstić information content (AvgIpc) is 3.06. The average molecular weight is 410 g/mol. The van der Waals surface area contributed by atoms with Crippen molar-refractivity contribution in [2.45, 2.75) is 76.9 Å². The minimum absolute atomic E-state index is 0.0273. The molecule has 4 saturated carbocycles. The third-order valence-electron chi connectivity index (χ3n) is 8.59. The molecule has 4 bridgehead atoms. The quantitative estimate of drug-likeness (QED) is 0.764. The first kappa shape index (κ1) is 19.9. The Morgan fingerprint density at radius 2 is 1.63 bits per heavy atom. The molecule has 162 valence electrons. The minimum atomic E-state index is -0.118. The lowest BCUT2D eigenvalue weighted by Gasteiger charge is -2.59. The summed E-state index contributed by atoms with van der Waals surface area (Å²) in [4.78, 5) is 27.3. The molecule has 3 atom stereocenters. The lowest BCUT2D eigenvalue weighted by atomic mass is 9.48. The zero-order valence-corrected chi connectivity index (χ0v) is 18.3. The highest BCUT2D eigenvalue weighted by atomic mass is 16.2. The van der Waals surface area contributed by atoms with Gasteiger partial charge in [0.1, 0.15) is 0 Å². The van der Waals surface area contributed by atoms with Gasteiger partial charge in [-0.15, -0.1) is 0 Å². The normalized spacial score (nSPS) is 36.6. The van der Waals surface area contributed by atoms with Crippen LogP contribution in [0.4, 0.5) is 4.79 Å². The molecular weight excluding hydrogens is 374 g/mol. The van der Waals surface area contributed by atoms with Crippen LogP contribution < -0.4 is 10.6 Å². The van der Waals surface area contributed by atoms with E-state index < -0.39 is 0 Å². The lowest BCUT2D eigenvalue weighted by Crippen LogP contribution is -2.57. The first-order valence-electron chi connectivity index (χ1n) is 11.8. The van der Waals surface area contributed by atoms with Crippen molar-refractivity contribution >= 4 is 11.9 Å². The molecule has 1 aromatic rings. The highest BCUT2D eigenvalue weighted by Crippen LogP contribution is 2.61. The molecule has 1 saturated heterocycles. The van der Waals surface area contributed by atoms with Gasteiger partial charge in [0, 0.05) is 19.0 Å². The smallest absolute Gasteiger partial charge is 0.315 e. The molecule has 0 radical (unpaired) electrons. The first-order chi connectivity index (χ1) is 14.4. The van der Waals surface area contributed by atoms with Crippen molar-refractivity contribution in [2.75, 3.05) is 6.54 Å². The number of hydrogen-bond acceptors (Lipinski definition) is 2. The van der Waals surface area contributed by atoms with Crippen LogP contribution in [-0.4, -0.2) is 35.5 Å². The SMILES string of the molecule is CC(c1ccccc1)N1CC(NC(=O)NC(C)C23CC4CC(CC(C4)C2)C3)CC1=O. The second-order valence-corrected chi connectivity index (χ2v) is 10.7. The van der Waals surface area contributed by atoms with E-state index in [0.29, 0.717) is 18.4 Å². The maximum Gasteiger partial charge on any atom is 0.315 e. The van der Waals surface area contributed by atoms with E-state index in [1.54, 1.807) is 0 Å². The van der Waals surface area contributed by atoms with E-state index in [-0.39, 0.29) is 30.1 Å². The van der Waals surface area contributed by atoms with Crippen LogP contribution in [-0.2, 0) is 4.79 Å². The maximum absolute atomic E-state index is 12.8. The van der Waals surface area contributed by atoms with Gasteiger partial charge in [-0.2, -0.15) is 0 Å². The van der Waals surface area contributed by atoms with Crippen molar-refractivity contribution in [3.05, 3.63) is 35.9 Å². The first-order valence-corrected chi connectivity index (χ1v) is 11.8. The molecule has 5 heteroatoms. The molecule has 5 aliphatic rings. The molecule has 0 aromatic heterocycles. The third-order valence-corrected chi connectivity index (χ3v) is 8.59. The highest BCUT2D eigenvalue weighted by Gasteiger charge is 2.53. The van der Waals surface area contributed by atoms with Gasteiger partial charge in [-0.1, -0.05) is 30.3 Å². The zero-order valence-electron chi connectivity index (χ0n) is 18.3. The Kier molecular flexibility index (Phi) is 5.03. The molecule has 6 rings (SSSR count). The zero-order chi connectivity index (χ0) is 20.9. The van der Waals surface area contributed by atoms with Crippen LogP contribution >= 0.6 is 0 Å². The van der Waals surface area contributed by atoms with E-state index in [1.165, 1.54) is 38.5 Å². The van der Waals surface area contributed by atoms with E-state index in [4.69, 9.17) is 0 Å². The Bertz CT molecular complexity index is 773. The lowest BCUT2D eigenvalue weighted by molar-refractivity contribution is -0.129. The summed E-state index contributed by atoms with van der Waals surface area (Å²) < 4.78 is 0. The van der Waals surface area contributed by atoms with Gasteiger partial charge in [-0.3, -0.25) is 4.79 Å². The number of urea groups is 1. The summed E-state index contributed by atoms with van der Waals surface area (Å²) in [6.07, 6.45) is 8.48. The van der Waals surface area contributed by atoms with Crippen molar-refractivity contribution in [1.82, 2.24) is 15.5 Å². The van der Waals surface area contributed by atoms with E-state index in [2.05, 4.69) is 36.6 Å².